The first-order chi connectivity index (χ1) is 37.4. The molecule has 4 amide bonds. The van der Waals surface area contributed by atoms with E-state index in [0.717, 1.165) is 0 Å². The number of rotatable bonds is 29. The number of hydrogen-bond acceptors (Lipinski definition) is 16. The summed E-state index contributed by atoms with van der Waals surface area (Å²) < 4.78 is 42.1. The third-order valence-electron chi connectivity index (χ3n) is 11.0. The van der Waals surface area contributed by atoms with Crippen LogP contribution in [-0.2, 0) is 38.4 Å². The zero-order chi connectivity index (χ0) is 57.0. The van der Waals surface area contributed by atoms with E-state index in [1.165, 1.54) is 80.4 Å². The molecular weight excluding hydrogens is 1010 g/mol. The van der Waals surface area contributed by atoms with Gasteiger partial charge in [-0.25, -0.2) is 0 Å². The lowest BCUT2D eigenvalue weighted by Gasteiger charge is -2.24. The quantitative estimate of drug-likeness (QED) is 0.0240. The second-order valence-corrected chi connectivity index (χ2v) is 17.0. The van der Waals surface area contributed by atoms with Crippen molar-refractivity contribution in [3.8, 4) is 46.0 Å². The minimum absolute atomic E-state index is 0.225. The SMILES string of the molecule is COc1cc(C=CC(=O)NCCCN(CCCCN(CCCNC(=O)C=Cc2ccc(OC(C)=O)c(OC)c2)C(=O)C=Cc2ccc(OC(C)=O)c(OC)c2)C(=O)C=Cc2ccc(OC(C)=O)c(OC)c2)ccc1OC(C)=O. The zero-order valence-corrected chi connectivity index (χ0v) is 45.0. The normalized spacial score (nSPS) is 11.0. The maximum absolute atomic E-state index is 13.8. The summed E-state index contributed by atoms with van der Waals surface area (Å²) in [5.74, 6) is -1.24. The highest BCUT2D eigenvalue weighted by atomic mass is 16.6. The van der Waals surface area contributed by atoms with Crippen molar-refractivity contribution in [1.82, 2.24) is 20.4 Å². The van der Waals surface area contributed by atoms with Gasteiger partial charge in [-0.1, -0.05) is 24.3 Å². The lowest BCUT2D eigenvalue weighted by Crippen LogP contribution is -2.36. The molecule has 2 N–H and O–H groups in total. The molecule has 0 fully saturated rings. The molecule has 0 spiro atoms. The van der Waals surface area contributed by atoms with Crippen LogP contribution in [0, 0.1) is 0 Å². The van der Waals surface area contributed by atoms with Gasteiger partial charge in [-0.2, -0.15) is 0 Å². The Balaban J connectivity index is 1.46. The summed E-state index contributed by atoms with van der Waals surface area (Å²) in [5.41, 5.74) is 2.47. The zero-order valence-electron chi connectivity index (χ0n) is 45.0. The van der Waals surface area contributed by atoms with Crippen LogP contribution in [0.15, 0.2) is 97.1 Å². The number of carbonyl (C=O) groups is 8. The molecule has 4 aromatic carbocycles. The van der Waals surface area contributed by atoms with Crippen molar-refractivity contribution in [2.24, 2.45) is 0 Å². The molecule has 4 rings (SSSR count). The number of nitrogens with one attached hydrogen (secondary N) is 2. The number of benzene rings is 4. The first kappa shape index (κ1) is 61.3. The Morgan fingerprint density at radius 1 is 0.372 bits per heavy atom. The van der Waals surface area contributed by atoms with Crippen molar-refractivity contribution >= 4 is 71.8 Å². The summed E-state index contributed by atoms with van der Waals surface area (Å²) in [4.78, 5) is 103. The summed E-state index contributed by atoms with van der Waals surface area (Å²) in [7, 11) is 5.74. The fourth-order valence-electron chi connectivity index (χ4n) is 7.35. The summed E-state index contributed by atoms with van der Waals surface area (Å²) in [5, 5.41) is 5.67. The van der Waals surface area contributed by atoms with Gasteiger partial charge < -0.3 is 58.3 Å². The van der Waals surface area contributed by atoms with Gasteiger partial charge in [-0.15, -0.1) is 0 Å². The molecule has 78 heavy (non-hydrogen) atoms. The van der Waals surface area contributed by atoms with E-state index in [9.17, 15) is 38.4 Å². The summed E-state index contributed by atoms with van der Waals surface area (Å²) in [6.45, 7) is 6.70. The molecule has 0 saturated carbocycles. The summed E-state index contributed by atoms with van der Waals surface area (Å²) >= 11 is 0. The molecular formula is C58H66N4O16. The van der Waals surface area contributed by atoms with Crippen molar-refractivity contribution < 1.29 is 76.3 Å². The van der Waals surface area contributed by atoms with Crippen molar-refractivity contribution in [1.29, 1.82) is 0 Å². The smallest absolute Gasteiger partial charge is 0.308 e. The summed E-state index contributed by atoms with van der Waals surface area (Å²) in [6, 6.07) is 19.4. The number of methoxy groups -OCH3 is 4. The van der Waals surface area contributed by atoms with Crippen LogP contribution in [0.3, 0.4) is 0 Å². The molecule has 414 valence electrons. The van der Waals surface area contributed by atoms with Crippen LogP contribution in [0.2, 0.25) is 0 Å². The predicted octanol–water partition coefficient (Wildman–Crippen LogP) is 7.03. The first-order valence-electron chi connectivity index (χ1n) is 24.7. The minimum Gasteiger partial charge on any atom is -0.493 e. The van der Waals surface area contributed by atoms with Gasteiger partial charge in [0, 0.05) is 91.3 Å². The van der Waals surface area contributed by atoms with E-state index >= 15 is 0 Å². The van der Waals surface area contributed by atoms with E-state index in [1.54, 1.807) is 107 Å². The molecule has 0 aliphatic carbocycles. The van der Waals surface area contributed by atoms with Gasteiger partial charge in [0.2, 0.25) is 23.6 Å². The van der Waals surface area contributed by atoms with Gasteiger partial charge in [0.1, 0.15) is 0 Å². The molecule has 20 heteroatoms. The number of carbonyl (C=O) groups excluding carboxylic acids is 8. The fraction of sp³-hybridized carbons (Fsp3) is 0.310. The molecule has 0 unspecified atom stereocenters. The van der Waals surface area contributed by atoms with Gasteiger partial charge in [-0.05, 0) is 121 Å². The largest absolute Gasteiger partial charge is 0.493 e. The van der Waals surface area contributed by atoms with Crippen molar-refractivity contribution in [3.05, 3.63) is 119 Å². The molecule has 0 atom stereocenters. The van der Waals surface area contributed by atoms with Crippen LogP contribution in [0.4, 0.5) is 0 Å². The van der Waals surface area contributed by atoms with E-state index < -0.39 is 23.9 Å². The molecule has 0 aromatic heterocycles. The van der Waals surface area contributed by atoms with Gasteiger partial charge in [0.05, 0.1) is 28.4 Å². The second kappa shape index (κ2) is 32.3. The Hall–Kier alpha value is -9.20. The topological polar surface area (TPSA) is 241 Å². The van der Waals surface area contributed by atoms with Gasteiger partial charge in [0.15, 0.2) is 46.0 Å². The van der Waals surface area contributed by atoms with Crippen molar-refractivity contribution in [2.45, 2.75) is 53.4 Å². The van der Waals surface area contributed by atoms with E-state index in [0.29, 0.717) is 84.0 Å². The van der Waals surface area contributed by atoms with Crippen LogP contribution in [0.5, 0.6) is 46.0 Å². The Labute approximate surface area is 453 Å². The average molecular weight is 1080 g/mol. The lowest BCUT2D eigenvalue weighted by atomic mass is 10.1. The standard InChI is InChI=1S/C58H66N4O16/c1-39(63)75-47-21-13-43(35-51(47)71-5)17-25-55(67)59-29-11-33-61(57(69)27-19-45-15-23-49(77-41(3)65)53(37-45)73-7)31-9-10-32-62(58(70)28-20-46-16-24-50(78-42(4)66)54(38-46)74-8)34-12-30-60-56(68)26-18-44-14-22-48(76-40(2)64)52(36-44)72-6/h13-28,35-38H,9-12,29-34H2,1-8H3,(H,59,67)(H,60,68). The van der Waals surface area contributed by atoms with Crippen molar-refractivity contribution in [3.63, 3.8) is 0 Å². The second-order valence-electron chi connectivity index (χ2n) is 17.0. The molecule has 0 bridgehead atoms. The van der Waals surface area contributed by atoms with Crippen LogP contribution >= 0.6 is 0 Å². The van der Waals surface area contributed by atoms with Gasteiger partial charge in [0.25, 0.3) is 0 Å². The van der Waals surface area contributed by atoms with Gasteiger partial charge >= 0.3 is 23.9 Å². The number of hydrogen-bond donors (Lipinski definition) is 2. The Kier molecular flexibility index (Phi) is 25.4. The Bertz CT molecular complexity index is 2700. The highest BCUT2D eigenvalue weighted by Crippen LogP contribution is 2.32. The molecule has 0 aliphatic heterocycles. The third-order valence-corrected chi connectivity index (χ3v) is 11.0. The first-order valence-corrected chi connectivity index (χ1v) is 24.7. The predicted molar refractivity (Wildman–Crippen MR) is 291 cm³/mol. The molecule has 20 nitrogen and oxygen atoms in total. The molecule has 0 saturated heterocycles. The van der Waals surface area contributed by atoms with Crippen LogP contribution in [0.25, 0.3) is 24.3 Å². The number of nitrogens with zero attached hydrogens (tertiary/aromatic N) is 2. The number of unbranched alkanes of at least 4 members (excludes halogenated alkanes) is 1. The summed E-state index contributed by atoms with van der Waals surface area (Å²) in [6.07, 6.45) is 13.7. The fourth-order valence-corrected chi connectivity index (χ4v) is 7.35. The van der Waals surface area contributed by atoms with E-state index in [1.807, 2.05) is 0 Å². The van der Waals surface area contributed by atoms with E-state index in [4.69, 9.17) is 37.9 Å². The van der Waals surface area contributed by atoms with Crippen LogP contribution in [0.1, 0.15) is 75.6 Å². The van der Waals surface area contributed by atoms with Gasteiger partial charge in [-0.3, -0.25) is 38.4 Å². The minimum atomic E-state index is -0.518. The average Bonchev–Trinajstić information content (AvgIpc) is 3.41. The Morgan fingerprint density at radius 2 is 0.628 bits per heavy atom. The van der Waals surface area contributed by atoms with Crippen LogP contribution in [-0.4, -0.2) is 125 Å². The molecule has 0 radical (unpaired) electrons. The van der Waals surface area contributed by atoms with E-state index in [-0.39, 0.29) is 72.8 Å². The third kappa shape index (κ3) is 21.6. The maximum Gasteiger partial charge on any atom is 0.308 e. The monoisotopic (exact) mass is 1070 g/mol. The van der Waals surface area contributed by atoms with Crippen molar-refractivity contribution in [2.75, 3.05) is 67.7 Å². The number of amides is 4. The molecule has 0 aliphatic rings. The molecule has 0 heterocycles. The van der Waals surface area contributed by atoms with Crippen LogP contribution < -0.4 is 48.5 Å². The van der Waals surface area contributed by atoms with E-state index in [2.05, 4.69) is 10.6 Å². The highest BCUT2D eigenvalue weighted by Gasteiger charge is 2.16. The maximum atomic E-state index is 13.8. The molecule has 4 aromatic rings. The Morgan fingerprint density at radius 3 is 0.885 bits per heavy atom. The number of esters is 4. The number of ether oxygens (including phenoxy) is 8. The lowest BCUT2D eigenvalue weighted by molar-refractivity contribution is -0.132. The highest BCUT2D eigenvalue weighted by molar-refractivity contribution is 5.94.